The first-order valence-corrected chi connectivity index (χ1v) is 20.9. The van der Waals surface area contributed by atoms with Crippen LogP contribution in [0.5, 0.6) is 0 Å². The Morgan fingerprint density at radius 1 is 0.262 bits per heavy atom. The average Bonchev–Trinajstić information content (AvgIpc) is 3.85. The number of rotatable bonds is 7. The van der Waals surface area contributed by atoms with Crippen molar-refractivity contribution in [3.8, 4) is 33.6 Å². The van der Waals surface area contributed by atoms with Gasteiger partial charge in [0.15, 0.2) is 0 Å². The van der Waals surface area contributed by atoms with Gasteiger partial charge in [-0.3, -0.25) is 0 Å². The summed E-state index contributed by atoms with van der Waals surface area (Å²) in [6, 6.07) is 86.0. The third kappa shape index (κ3) is 5.82. The highest BCUT2D eigenvalue weighted by molar-refractivity contribution is 6.12. The summed E-state index contributed by atoms with van der Waals surface area (Å²) in [7, 11) is 0. The number of hydrogen-bond donors (Lipinski definition) is 0. The van der Waals surface area contributed by atoms with Crippen molar-refractivity contribution in [1.82, 2.24) is 9.13 Å². The number of nitrogens with zero attached hydrogens (tertiary/aromatic N) is 3. The maximum absolute atomic E-state index is 2.45. The highest BCUT2D eigenvalue weighted by atomic mass is 15.1. The average molecular weight is 778 g/mol. The molecular formula is C58H39N3. The van der Waals surface area contributed by atoms with Crippen LogP contribution >= 0.6 is 0 Å². The Hall–Kier alpha value is -8.14. The maximum atomic E-state index is 2.45. The summed E-state index contributed by atoms with van der Waals surface area (Å²) in [5.41, 5.74) is 15.0. The first-order chi connectivity index (χ1) is 30.3. The van der Waals surface area contributed by atoms with Crippen molar-refractivity contribution in [3.63, 3.8) is 0 Å². The van der Waals surface area contributed by atoms with E-state index in [1.165, 1.54) is 65.7 Å². The predicted molar refractivity (Wildman–Crippen MR) is 258 cm³/mol. The molecule has 12 rings (SSSR count). The number of benzene rings is 10. The lowest BCUT2D eigenvalue weighted by atomic mass is 9.98. The molecule has 0 atom stereocenters. The van der Waals surface area contributed by atoms with E-state index in [1.807, 2.05) is 0 Å². The molecule has 10 aromatic carbocycles. The lowest BCUT2D eigenvalue weighted by Crippen LogP contribution is -2.10. The van der Waals surface area contributed by atoms with Crippen molar-refractivity contribution in [3.05, 3.63) is 237 Å². The van der Waals surface area contributed by atoms with Crippen molar-refractivity contribution in [2.45, 2.75) is 0 Å². The summed E-state index contributed by atoms with van der Waals surface area (Å²) < 4.78 is 4.84. The van der Waals surface area contributed by atoms with Crippen LogP contribution in [0, 0.1) is 0 Å². The molecule has 0 bridgehead atoms. The highest BCUT2D eigenvalue weighted by Crippen LogP contribution is 2.42. The Labute approximate surface area is 354 Å². The van der Waals surface area contributed by atoms with Crippen LogP contribution in [-0.2, 0) is 0 Å². The summed E-state index contributed by atoms with van der Waals surface area (Å²) >= 11 is 0. The van der Waals surface area contributed by atoms with Crippen molar-refractivity contribution < 1.29 is 0 Å². The number of fused-ring (bicyclic) bond motifs is 7. The monoisotopic (exact) mass is 777 g/mol. The van der Waals surface area contributed by atoms with Gasteiger partial charge in [0.2, 0.25) is 0 Å². The van der Waals surface area contributed by atoms with Gasteiger partial charge in [0.1, 0.15) is 0 Å². The molecule has 0 radical (unpaired) electrons. The fourth-order valence-electron chi connectivity index (χ4n) is 9.48. The van der Waals surface area contributed by atoms with Crippen LogP contribution in [0.4, 0.5) is 17.1 Å². The summed E-state index contributed by atoms with van der Waals surface area (Å²) in [5, 5.41) is 7.40. The smallest absolute Gasteiger partial charge is 0.0561 e. The van der Waals surface area contributed by atoms with E-state index in [9.17, 15) is 0 Å². The molecule has 2 aromatic heterocycles. The van der Waals surface area contributed by atoms with Crippen LogP contribution in [0.2, 0.25) is 0 Å². The van der Waals surface area contributed by atoms with Crippen molar-refractivity contribution >= 4 is 71.4 Å². The minimum atomic E-state index is 1.08. The van der Waals surface area contributed by atoms with E-state index in [4.69, 9.17) is 0 Å². The Balaban J connectivity index is 1.06. The molecule has 0 amide bonds. The molecule has 286 valence electrons. The molecule has 0 aliphatic carbocycles. The zero-order valence-corrected chi connectivity index (χ0v) is 33.4. The number of anilines is 3. The van der Waals surface area contributed by atoms with E-state index in [1.54, 1.807) is 0 Å². The van der Waals surface area contributed by atoms with Gasteiger partial charge in [0.25, 0.3) is 0 Å². The summed E-state index contributed by atoms with van der Waals surface area (Å²) in [6.07, 6.45) is 0. The predicted octanol–water partition coefficient (Wildman–Crippen LogP) is 15.8. The van der Waals surface area contributed by atoms with Crippen molar-refractivity contribution in [1.29, 1.82) is 0 Å². The Kier molecular flexibility index (Phi) is 8.17. The standard InChI is InChI=1S/C58H39N3/c1-3-16-40(17-4-1)41-30-32-46(33-31-41)59(48-34-35-53-52-26-9-12-27-54(52)60(58(53)39-48)45-20-5-2-6-21-45)47-22-15-19-42(37-47)44-36-43-18-7-8-23-49(43)57(38-44)61-55-28-13-10-24-50(55)51-25-11-14-29-56(51)61/h1-39H. The number of para-hydroxylation sites is 4. The minimum Gasteiger partial charge on any atom is -0.310 e. The third-order valence-corrected chi connectivity index (χ3v) is 12.3. The van der Waals surface area contributed by atoms with Crippen molar-refractivity contribution in [2.75, 3.05) is 4.90 Å². The van der Waals surface area contributed by atoms with Gasteiger partial charge in [-0.2, -0.15) is 0 Å². The number of hydrogen-bond acceptors (Lipinski definition) is 1. The molecule has 2 heterocycles. The Bertz CT molecular complexity index is 3530. The summed E-state index contributed by atoms with van der Waals surface area (Å²) in [6.45, 7) is 0. The number of aromatic nitrogens is 2. The second-order valence-corrected chi connectivity index (χ2v) is 15.8. The van der Waals surface area contributed by atoms with Gasteiger partial charge < -0.3 is 14.0 Å². The van der Waals surface area contributed by atoms with Crippen LogP contribution < -0.4 is 4.90 Å². The van der Waals surface area contributed by atoms with Crippen LogP contribution in [0.25, 0.3) is 88.0 Å². The van der Waals surface area contributed by atoms with Gasteiger partial charge in [0, 0.05) is 49.7 Å². The lowest BCUT2D eigenvalue weighted by Gasteiger charge is -2.27. The molecule has 12 aromatic rings. The second-order valence-electron chi connectivity index (χ2n) is 15.8. The molecule has 3 nitrogen and oxygen atoms in total. The van der Waals surface area contributed by atoms with E-state index in [-0.39, 0.29) is 0 Å². The highest BCUT2D eigenvalue weighted by Gasteiger charge is 2.20. The molecule has 0 aliphatic heterocycles. The second kappa shape index (κ2) is 14.3. The molecule has 0 saturated carbocycles. The Morgan fingerprint density at radius 2 is 0.770 bits per heavy atom. The van der Waals surface area contributed by atoms with Crippen LogP contribution in [0.1, 0.15) is 0 Å². The molecule has 61 heavy (non-hydrogen) atoms. The first-order valence-electron chi connectivity index (χ1n) is 20.9. The van der Waals surface area contributed by atoms with E-state index in [0.717, 1.165) is 39.4 Å². The summed E-state index contributed by atoms with van der Waals surface area (Å²) in [4.78, 5) is 2.40. The fraction of sp³-hybridized carbons (Fsp3) is 0. The van der Waals surface area contributed by atoms with Gasteiger partial charge in [-0.05, 0) is 107 Å². The van der Waals surface area contributed by atoms with Crippen LogP contribution in [0.15, 0.2) is 237 Å². The molecule has 0 aliphatic rings. The molecule has 0 unspecified atom stereocenters. The van der Waals surface area contributed by atoms with E-state index >= 15 is 0 Å². The molecule has 3 heteroatoms. The topological polar surface area (TPSA) is 13.1 Å². The quantitative estimate of drug-likeness (QED) is 0.157. The molecule has 0 N–H and O–H groups in total. The molecule has 0 saturated heterocycles. The van der Waals surface area contributed by atoms with E-state index in [2.05, 4.69) is 251 Å². The van der Waals surface area contributed by atoms with Gasteiger partial charge >= 0.3 is 0 Å². The molecule has 0 fully saturated rings. The fourth-order valence-corrected chi connectivity index (χ4v) is 9.48. The minimum absolute atomic E-state index is 1.08. The van der Waals surface area contributed by atoms with Crippen molar-refractivity contribution in [2.24, 2.45) is 0 Å². The zero-order chi connectivity index (χ0) is 40.3. The van der Waals surface area contributed by atoms with Gasteiger partial charge in [-0.25, -0.2) is 0 Å². The summed E-state index contributed by atoms with van der Waals surface area (Å²) in [5.74, 6) is 0. The lowest BCUT2D eigenvalue weighted by molar-refractivity contribution is 1.18. The van der Waals surface area contributed by atoms with E-state index in [0.29, 0.717) is 0 Å². The molecular weight excluding hydrogens is 739 g/mol. The normalized spacial score (nSPS) is 11.6. The first kappa shape index (κ1) is 34.9. The van der Waals surface area contributed by atoms with Gasteiger partial charge in [-0.1, -0.05) is 158 Å². The largest absolute Gasteiger partial charge is 0.310 e. The SMILES string of the molecule is c1ccc(-c2ccc(N(c3cccc(-c4cc(-n5c6ccccc6c6ccccc65)c5ccccc5c4)c3)c3ccc4c5ccccc5n(-c5ccccc5)c4c3)cc2)cc1. The van der Waals surface area contributed by atoms with E-state index < -0.39 is 0 Å². The molecule has 0 spiro atoms. The zero-order valence-electron chi connectivity index (χ0n) is 33.4. The maximum Gasteiger partial charge on any atom is 0.0561 e. The Morgan fingerprint density at radius 3 is 1.46 bits per heavy atom. The van der Waals surface area contributed by atoms with Crippen LogP contribution in [-0.4, -0.2) is 9.13 Å². The van der Waals surface area contributed by atoms with Crippen LogP contribution in [0.3, 0.4) is 0 Å². The third-order valence-electron chi connectivity index (χ3n) is 12.3. The van der Waals surface area contributed by atoms with Gasteiger partial charge in [-0.15, -0.1) is 0 Å². The van der Waals surface area contributed by atoms with Gasteiger partial charge in [0.05, 0.1) is 27.8 Å².